The van der Waals surface area contributed by atoms with Crippen molar-refractivity contribution in [2.24, 2.45) is 0 Å². The standard InChI is InChI=1S/C14H14O4S3/c15-11(13-3-1-7-19-13)5-9-21(17,18)10-6-12(16)14-4-2-8-20-14/h1-4,7-8H,5-6,9-10H2. The van der Waals surface area contributed by atoms with Crippen LogP contribution in [0.15, 0.2) is 35.0 Å². The Hall–Kier alpha value is -1.31. The molecule has 112 valence electrons. The molecule has 2 aromatic rings. The van der Waals surface area contributed by atoms with Crippen LogP contribution in [0.5, 0.6) is 0 Å². The molecule has 2 heterocycles. The minimum Gasteiger partial charge on any atom is -0.293 e. The van der Waals surface area contributed by atoms with Crippen LogP contribution in [-0.4, -0.2) is 31.5 Å². The van der Waals surface area contributed by atoms with Crippen molar-refractivity contribution in [1.82, 2.24) is 0 Å². The van der Waals surface area contributed by atoms with E-state index in [1.165, 1.54) is 22.7 Å². The fourth-order valence-electron chi connectivity index (χ4n) is 1.72. The van der Waals surface area contributed by atoms with Gasteiger partial charge in [-0.2, -0.15) is 0 Å². The number of carbonyl (C=O) groups excluding carboxylic acids is 2. The van der Waals surface area contributed by atoms with Crippen LogP contribution in [0.4, 0.5) is 0 Å². The molecule has 0 aliphatic rings. The maximum Gasteiger partial charge on any atom is 0.173 e. The van der Waals surface area contributed by atoms with E-state index in [1.807, 2.05) is 0 Å². The SMILES string of the molecule is O=C(CCS(=O)(=O)CCC(=O)c1cccs1)c1cccs1. The summed E-state index contributed by atoms with van der Waals surface area (Å²) in [5.74, 6) is -0.751. The Morgan fingerprint density at radius 1 is 0.857 bits per heavy atom. The molecule has 0 amide bonds. The zero-order valence-corrected chi connectivity index (χ0v) is 13.6. The fourth-order valence-corrected chi connectivity index (χ4v) is 4.30. The van der Waals surface area contributed by atoms with Gasteiger partial charge < -0.3 is 0 Å². The van der Waals surface area contributed by atoms with E-state index in [0.717, 1.165) is 0 Å². The molecule has 7 heteroatoms. The van der Waals surface area contributed by atoms with Gasteiger partial charge in [-0.05, 0) is 22.9 Å². The summed E-state index contributed by atoms with van der Waals surface area (Å²) in [6, 6.07) is 6.87. The van der Waals surface area contributed by atoms with Crippen LogP contribution in [0.2, 0.25) is 0 Å². The smallest absolute Gasteiger partial charge is 0.173 e. The van der Waals surface area contributed by atoms with Crippen LogP contribution in [-0.2, 0) is 9.84 Å². The molecule has 0 radical (unpaired) electrons. The Labute approximate surface area is 131 Å². The monoisotopic (exact) mass is 342 g/mol. The van der Waals surface area contributed by atoms with E-state index in [4.69, 9.17) is 0 Å². The number of thiophene rings is 2. The van der Waals surface area contributed by atoms with Crippen molar-refractivity contribution >= 4 is 44.1 Å². The van der Waals surface area contributed by atoms with E-state index >= 15 is 0 Å². The highest BCUT2D eigenvalue weighted by molar-refractivity contribution is 7.91. The van der Waals surface area contributed by atoms with Crippen molar-refractivity contribution in [3.63, 3.8) is 0 Å². The van der Waals surface area contributed by atoms with Crippen molar-refractivity contribution < 1.29 is 18.0 Å². The van der Waals surface area contributed by atoms with E-state index in [1.54, 1.807) is 35.0 Å². The van der Waals surface area contributed by atoms with E-state index in [9.17, 15) is 18.0 Å². The number of hydrogen-bond donors (Lipinski definition) is 0. The Morgan fingerprint density at radius 2 is 1.29 bits per heavy atom. The lowest BCUT2D eigenvalue weighted by atomic mass is 10.2. The maximum absolute atomic E-state index is 11.9. The first kappa shape index (κ1) is 16.1. The lowest BCUT2D eigenvalue weighted by Gasteiger charge is -2.02. The molecular weight excluding hydrogens is 328 g/mol. The molecule has 0 bridgehead atoms. The maximum atomic E-state index is 11.9. The summed E-state index contributed by atoms with van der Waals surface area (Å²) < 4.78 is 23.8. The molecule has 0 aliphatic heterocycles. The van der Waals surface area contributed by atoms with Crippen LogP contribution < -0.4 is 0 Å². The summed E-state index contributed by atoms with van der Waals surface area (Å²) in [5.41, 5.74) is 0. The van der Waals surface area contributed by atoms with Crippen LogP contribution in [0, 0.1) is 0 Å². The molecule has 4 nitrogen and oxygen atoms in total. The largest absolute Gasteiger partial charge is 0.293 e. The summed E-state index contributed by atoms with van der Waals surface area (Å²) in [6.45, 7) is 0. The molecule has 0 atom stereocenters. The number of hydrogen-bond acceptors (Lipinski definition) is 6. The summed E-state index contributed by atoms with van der Waals surface area (Å²) >= 11 is 2.60. The van der Waals surface area contributed by atoms with Gasteiger partial charge >= 0.3 is 0 Å². The first-order valence-corrected chi connectivity index (χ1v) is 9.90. The van der Waals surface area contributed by atoms with Gasteiger partial charge in [0.15, 0.2) is 21.4 Å². The van der Waals surface area contributed by atoms with E-state index in [-0.39, 0.29) is 35.9 Å². The minimum absolute atomic E-state index is 0.0317. The predicted molar refractivity (Wildman–Crippen MR) is 85.2 cm³/mol. The van der Waals surface area contributed by atoms with E-state index in [2.05, 4.69) is 0 Å². The summed E-state index contributed by atoms with van der Waals surface area (Å²) in [7, 11) is -3.39. The third-order valence-corrected chi connectivity index (χ3v) is 6.35. The molecule has 0 spiro atoms. The second-order valence-electron chi connectivity index (χ2n) is 4.45. The van der Waals surface area contributed by atoms with E-state index in [0.29, 0.717) is 9.75 Å². The highest BCUT2D eigenvalue weighted by Gasteiger charge is 2.17. The molecule has 2 rings (SSSR count). The molecule has 21 heavy (non-hydrogen) atoms. The molecule has 2 aromatic heterocycles. The molecule has 0 fully saturated rings. The molecule has 0 aromatic carbocycles. The van der Waals surface area contributed by atoms with Gasteiger partial charge in [0.1, 0.15) is 0 Å². The predicted octanol–water partition coefficient (Wildman–Crippen LogP) is 3.07. The molecular formula is C14H14O4S3. The average molecular weight is 342 g/mol. The van der Waals surface area contributed by atoms with Gasteiger partial charge in [0, 0.05) is 12.8 Å². The van der Waals surface area contributed by atoms with Gasteiger partial charge in [0.05, 0.1) is 21.3 Å². The van der Waals surface area contributed by atoms with Crippen LogP contribution in [0.25, 0.3) is 0 Å². The van der Waals surface area contributed by atoms with Crippen molar-refractivity contribution in [3.05, 3.63) is 44.8 Å². The topological polar surface area (TPSA) is 68.3 Å². The molecule has 0 aliphatic carbocycles. The first-order chi connectivity index (χ1) is 9.98. The summed E-state index contributed by atoms with van der Waals surface area (Å²) in [5, 5.41) is 3.56. The van der Waals surface area contributed by atoms with Crippen LogP contribution in [0.1, 0.15) is 32.2 Å². The summed E-state index contributed by atoms with van der Waals surface area (Å²) in [6.07, 6.45) is -0.0634. The van der Waals surface area contributed by atoms with Gasteiger partial charge in [-0.3, -0.25) is 9.59 Å². The highest BCUT2D eigenvalue weighted by Crippen LogP contribution is 2.14. The quantitative estimate of drug-likeness (QED) is 0.691. The van der Waals surface area contributed by atoms with Crippen LogP contribution in [0.3, 0.4) is 0 Å². The van der Waals surface area contributed by atoms with Crippen molar-refractivity contribution in [1.29, 1.82) is 0 Å². The van der Waals surface area contributed by atoms with Gasteiger partial charge in [-0.1, -0.05) is 12.1 Å². The Balaban J connectivity index is 1.82. The van der Waals surface area contributed by atoms with Crippen LogP contribution >= 0.6 is 22.7 Å². The zero-order chi connectivity index (χ0) is 15.3. The molecule has 0 saturated heterocycles. The Morgan fingerprint density at radius 3 is 1.62 bits per heavy atom. The molecule has 0 unspecified atom stereocenters. The average Bonchev–Trinajstić information content (AvgIpc) is 3.14. The summed E-state index contributed by atoms with van der Waals surface area (Å²) in [4.78, 5) is 24.7. The zero-order valence-electron chi connectivity index (χ0n) is 11.2. The number of carbonyl (C=O) groups is 2. The third-order valence-electron chi connectivity index (χ3n) is 2.87. The van der Waals surface area contributed by atoms with E-state index < -0.39 is 9.84 Å². The van der Waals surface area contributed by atoms with Gasteiger partial charge in [0.25, 0.3) is 0 Å². The first-order valence-electron chi connectivity index (χ1n) is 6.32. The van der Waals surface area contributed by atoms with Crippen molar-refractivity contribution in [2.45, 2.75) is 12.8 Å². The Kier molecular flexibility index (Phi) is 5.44. The lowest BCUT2D eigenvalue weighted by Crippen LogP contribution is -2.16. The van der Waals surface area contributed by atoms with Crippen molar-refractivity contribution in [2.75, 3.05) is 11.5 Å². The number of Topliss-reactive ketones (excluding diaryl/α,β-unsaturated/α-hetero) is 2. The van der Waals surface area contributed by atoms with Gasteiger partial charge in [-0.25, -0.2) is 8.42 Å². The molecule has 0 N–H and O–H groups in total. The number of sulfone groups is 1. The second-order valence-corrected chi connectivity index (χ2v) is 8.65. The number of rotatable bonds is 8. The number of ketones is 2. The minimum atomic E-state index is -3.39. The van der Waals surface area contributed by atoms with Gasteiger partial charge in [-0.15, -0.1) is 22.7 Å². The second kappa shape index (κ2) is 7.11. The highest BCUT2D eigenvalue weighted by atomic mass is 32.2. The van der Waals surface area contributed by atoms with Gasteiger partial charge in [0.2, 0.25) is 0 Å². The fraction of sp³-hybridized carbons (Fsp3) is 0.286. The Bertz CT molecular complexity index is 641. The lowest BCUT2D eigenvalue weighted by molar-refractivity contribution is 0.0987. The third kappa shape index (κ3) is 4.87. The molecule has 0 saturated carbocycles. The normalized spacial score (nSPS) is 11.4. The van der Waals surface area contributed by atoms with Crippen molar-refractivity contribution in [3.8, 4) is 0 Å².